The third kappa shape index (κ3) is 1.50. The molecular formula is C9H10N2O2S. The number of aromatic nitrogens is 1. The highest BCUT2D eigenvalue weighted by Crippen LogP contribution is 2.19. The van der Waals surface area contributed by atoms with Crippen LogP contribution in [0.4, 0.5) is 5.69 Å². The number of rotatable bonds is 2. The van der Waals surface area contributed by atoms with Crippen LogP contribution in [0.1, 0.15) is 6.92 Å². The Hall–Kier alpha value is -1.36. The molecule has 1 atom stereocenters. The van der Waals surface area contributed by atoms with E-state index in [4.69, 9.17) is 10.2 Å². The average Bonchev–Trinajstić information content (AvgIpc) is 2.59. The first-order valence-corrected chi connectivity index (χ1v) is 5.57. The molecular weight excluding hydrogens is 200 g/mol. The number of hydrogen-bond donors (Lipinski definition) is 1. The normalized spacial score (nSPS) is 13.2. The fraction of sp³-hybridized carbons (Fsp3) is 0.222. The molecule has 2 rings (SSSR count). The maximum Gasteiger partial charge on any atom is 0.287 e. The highest BCUT2D eigenvalue weighted by molar-refractivity contribution is 7.84. The lowest BCUT2D eigenvalue weighted by Crippen LogP contribution is -1.93. The smallest absolute Gasteiger partial charge is 0.287 e. The molecule has 74 valence electrons. The Morgan fingerprint density at radius 1 is 1.57 bits per heavy atom. The second-order valence-corrected chi connectivity index (χ2v) is 4.46. The molecule has 0 bridgehead atoms. The summed E-state index contributed by atoms with van der Waals surface area (Å²) in [5.74, 6) is 0.502. The molecule has 0 spiro atoms. The van der Waals surface area contributed by atoms with E-state index >= 15 is 0 Å². The predicted molar refractivity (Wildman–Crippen MR) is 55.4 cm³/mol. The molecule has 0 fully saturated rings. The summed E-state index contributed by atoms with van der Waals surface area (Å²) in [4.78, 5) is 4.10. The number of nitrogen functional groups attached to an aromatic ring is 1. The zero-order chi connectivity index (χ0) is 10.1. The second kappa shape index (κ2) is 3.42. The Labute approximate surface area is 83.6 Å². The molecule has 1 heterocycles. The molecule has 14 heavy (non-hydrogen) atoms. The Morgan fingerprint density at radius 3 is 3.07 bits per heavy atom. The van der Waals surface area contributed by atoms with Gasteiger partial charge in [0.25, 0.3) is 5.22 Å². The van der Waals surface area contributed by atoms with Crippen LogP contribution in [0, 0.1) is 0 Å². The van der Waals surface area contributed by atoms with Gasteiger partial charge in [-0.3, -0.25) is 0 Å². The Morgan fingerprint density at radius 2 is 2.36 bits per heavy atom. The van der Waals surface area contributed by atoms with E-state index in [0.717, 1.165) is 0 Å². The number of anilines is 1. The molecule has 0 amide bonds. The first kappa shape index (κ1) is 9.21. The molecule has 0 saturated heterocycles. The number of nitrogens with two attached hydrogens (primary N) is 1. The summed E-state index contributed by atoms with van der Waals surface area (Å²) in [5.41, 5.74) is 7.48. The molecule has 0 aliphatic carbocycles. The van der Waals surface area contributed by atoms with Crippen molar-refractivity contribution in [1.29, 1.82) is 0 Å². The van der Waals surface area contributed by atoms with Crippen LogP contribution in [-0.2, 0) is 10.8 Å². The van der Waals surface area contributed by atoms with E-state index < -0.39 is 10.8 Å². The maximum absolute atomic E-state index is 11.4. The maximum atomic E-state index is 11.4. The topological polar surface area (TPSA) is 69.1 Å². The van der Waals surface area contributed by atoms with Gasteiger partial charge < -0.3 is 10.2 Å². The summed E-state index contributed by atoms with van der Waals surface area (Å²) < 4.78 is 16.7. The minimum absolute atomic E-state index is 0.271. The lowest BCUT2D eigenvalue weighted by Gasteiger charge is -1.88. The van der Waals surface area contributed by atoms with E-state index in [1.807, 2.05) is 6.92 Å². The molecule has 2 N–H and O–H groups in total. The highest BCUT2D eigenvalue weighted by Gasteiger charge is 2.10. The van der Waals surface area contributed by atoms with Crippen molar-refractivity contribution in [3.8, 4) is 0 Å². The zero-order valence-corrected chi connectivity index (χ0v) is 8.50. The summed E-state index contributed by atoms with van der Waals surface area (Å²) in [5, 5.41) is 0.271. The van der Waals surface area contributed by atoms with Gasteiger partial charge in [-0.2, -0.15) is 0 Å². The molecule has 0 aliphatic heterocycles. The van der Waals surface area contributed by atoms with Crippen molar-refractivity contribution in [3.05, 3.63) is 18.2 Å². The van der Waals surface area contributed by atoms with Crippen molar-refractivity contribution in [3.63, 3.8) is 0 Å². The highest BCUT2D eigenvalue weighted by atomic mass is 32.2. The van der Waals surface area contributed by atoms with Gasteiger partial charge in [0.05, 0.1) is 0 Å². The van der Waals surface area contributed by atoms with Gasteiger partial charge in [-0.25, -0.2) is 9.19 Å². The number of benzene rings is 1. The van der Waals surface area contributed by atoms with Crippen LogP contribution < -0.4 is 5.73 Å². The van der Waals surface area contributed by atoms with Gasteiger partial charge in [0.2, 0.25) is 0 Å². The van der Waals surface area contributed by atoms with Crippen molar-refractivity contribution in [2.75, 3.05) is 11.5 Å². The largest absolute Gasteiger partial charge is 0.430 e. The van der Waals surface area contributed by atoms with E-state index in [-0.39, 0.29) is 5.22 Å². The first-order chi connectivity index (χ1) is 6.70. The molecule has 0 saturated carbocycles. The van der Waals surface area contributed by atoms with Gasteiger partial charge in [0.1, 0.15) is 16.3 Å². The van der Waals surface area contributed by atoms with Crippen LogP contribution in [0.5, 0.6) is 0 Å². The van der Waals surface area contributed by atoms with E-state index in [0.29, 0.717) is 22.5 Å². The summed E-state index contributed by atoms with van der Waals surface area (Å²) in [6.07, 6.45) is 0. The van der Waals surface area contributed by atoms with Gasteiger partial charge in [0, 0.05) is 11.4 Å². The number of nitrogens with zero attached hydrogens (tertiary/aromatic N) is 1. The lowest BCUT2D eigenvalue weighted by atomic mass is 10.3. The molecule has 4 nitrogen and oxygen atoms in total. The van der Waals surface area contributed by atoms with Crippen LogP contribution >= 0.6 is 0 Å². The fourth-order valence-electron chi connectivity index (χ4n) is 1.14. The SMILES string of the molecule is CCS(=O)c1nc2cc(N)ccc2o1. The van der Waals surface area contributed by atoms with E-state index in [9.17, 15) is 4.21 Å². The minimum Gasteiger partial charge on any atom is -0.430 e. The van der Waals surface area contributed by atoms with Crippen molar-refractivity contribution >= 4 is 27.6 Å². The quantitative estimate of drug-likeness (QED) is 0.763. The van der Waals surface area contributed by atoms with Crippen molar-refractivity contribution < 1.29 is 8.63 Å². The van der Waals surface area contributed by atoms with Gasteiger partial charge in [0.15, 0.2) is 5.58 Å². The Balaban J connectivity index is 2.56. The van der Waals surface area contributed by atoms with Gasteiger partial charge >= 0.3 is 0 Å². The van der Waals surface area contributed by atoms with E-state index in [1.54, 1.807) is 18.2 Å². The van der Waals surface area contributed by atoms with Crippen LogP contribution in [0.3, 0.4) is 0 Å². The average molecular weight is 210 g/mol. The standard InChI is InChI=1S/C9H10N2O2S/c1-2-14(12)9-11-7-5-6(10)3-4-8(7)13-9/h3-5H,2,10H2,1H3. The summed E-state index contributed by atoms with van der Waals surface area (Å²) in [6, 6.07) is 5.16. The molecule has 1 aromatic carbocycles. The van der Waals surface area contributed by atoms with E-state index in [2.05, 4.69) is 4.98 Å². The van der Waals surface area contributed by atoms with Gasteiger partial charge in [-0.05, 0) is 18.2 Å². The van der Waals surface area contributed by atoms with Crippen LogP contribution in [0.15, 0.2) is 27.8 Å². The third-order valence-corrected chi connectivity index (χ3v) is 2.94. The predicted octanol–water partition coefficient (Wildman–Crippen LogP) is 1.54. The second-order valence-electron chi connectivity index (χ2n) is 2.84. The fourth-order valence-corrected chi connectivity index (χ4v) is 1.77. The molecule has 1 unspecified atom stereocenters. The van der Waals surface area contributed by atoms with E-state index in [1.165, 1.54) is 0 Å². The Kier molecular flexibility index (Phi) is 2.25. The molecule has 5 heteroatoms. The molecule has 1 aromatic heterocycles. The molecule has 0 aliphatic rings. The zero-order valence-electron chi connectivity index (χ0n) is 7.69. The van der Waals surface area contributed by atoms with Crippen molar-refractivity contribution in [2.24, 2.45) is 0 Å². The summed E-state index contributed by atoms with van der Waals surface area (Å²) in [6.45, 7) is 1.82. The van der Waals surface area contributed by atoms with Crippen molar-refractivity contribution in [2.45, 2.75) is 12.1 Å². The number of hydrogen-bond acceptors (Lipinski definition) is 4. The lowest BCUT2D eigenvalue weighted by molar-refractivity contribution is 0.478. The minimum atomic E-state index is -1.15. The Bertz CT molecular complexity index is 493. The van der Waals surface area contributed by atoms with Gasteiger partial charge in [-0.1, -0.05) is 6.92 Å². The molecule has 2 aromatic rings. The third-order valence-electron chi connectivity index (χ3n) is 1.85. The van der Waals surface area contributed by atoms with Crippen LogP contribution in [0.2, 0.25) is 0 Å². The van der Waals surface area contributed by atoms with Crippen molar-refractivity contribution in [1.82, 2.24) is 4.98 Å². The summed E-state index contributed by atoms with van der Waals surface area (Å²) >= 11 is 0. The number of oxazole rings is 1. The monoisotopic (exact) mass is 210 g/mol. The molecule has 0 radical (unpaired) electrons. The number of fused-ring (bicyclic) bond motifs is 1. The van der Waals surface area contributed by atoms with Crippen LogP contribution in [0.25, 0.3) is 11.1 Å². The van der Waals surface area contributed by atoms with Crippen LogP contribution in [-0.4, -0.2) is 14.9 Å². The summed E-state index contributed by atoms with van der Waals surface area (Å²) in [7, 11) is -1.15. The van der Waals surface area contributed by atoms with Gasteiger partial charge in [-0.15, -0.1) is 0 Å². The first-order valence-electron chi connectivity index (χ1n) is 4.25.